The highest BCUT2D eigenvalue weighted by molar-refractivity contribution is 5.90. The number of aliphatic hydroxyl groups is 1. The van der Waals surface area contributed by atoms with Gasteiger partial charge in [-0.1, -0.05) is 43.3 Å². The molecule has 3 aromatic rings. The number of nitro groups is 1. The Morgan fingerprint density at radius 2 is 1.90 bits per heavy atom. The molecule has 0 radical (unpaired) electrons. The Bertz CT molecular complexity index is 1430. The van der Waals surface area contributed by atoms with Gasteiger partial charge in [-0.25, -0.2) is 9.59 Å². The Labute approximate surface area is 233 Å². The van der Waals surface area contributed by atoms with Gasteiger partial charge in [-0.2, -0.15) is 4.98 Å². The summed E-state index contributed by atoms with van der Waals surface area (Å²) in [5, 5.41) is 24.1. The predicted octanol–water partition coefficient (Wildman–Crippen LogP) is 2.77. The highest BCUT2D eigenvalue weighted by Gasteiger charge is 2.36. The number of rotatable bonds is 11. The number of hydrogen-bond donors (Lipinski definition) is 2. The summed E-state index contributed by atoms with van der Waals surface area (Å²) in [6.07, 6.45) is -2.54. The number of carbonyl (C=O) groups excluding carboxylic acids is 2. The fraction of sp³-hybridized carbons (Fsp3) is 0.333. The second-order valence-electron chi connectivity index (χ2n) is 9.17. The first-order chi connectivity index (χ1) is 19.7. The monoisotopic (exact) mass is 568 g/mol. The topological polar surface area (TPSA) is 181 Å². The zero-order chi connectivity index (χ0) is 29.4. The molecule has 0 bridgehead atoms. The van der Waals surface area contributed by atoms with Crippen molar-refractivity contribution in [2.75, 3.05) is 25.1 Å². The van der Waals surface area contributed by atoms with Crippen LogP contribution in [0.1, 0.15) is 31.1 Å². The van der Waals surface area contributed by atoms with Crippen LogP contribution < -0.4 is 15.7 Å². The summed E-state index contributed by atoms with van der Waals surface area (Å²) in [5.41, 5.74) is -0.399. The van der Waals surface area contributed by atoms with E-state index in [1.807, 2.05) is 6.07 Å². The number of nitrogens with one attached hydrogen (secondary N) is 1. The largest absolute Gasteiger partial charge is 0.508 e. The molecule has 4 atom stereocenters. The highest BCUT2D eigenvalue weighted by Crippen LogP contribution is 2.29. The quantitative estimate of drug-likeness (QED) is 0.197. The van der Waals surface area contributed by atoms with Crippen LogP contribution in [0.25, 0.3) is 0 Å². The van der Waals surface area contributed by atoms with Crippen molar-refractivity contribution in [2.24, 2.45) is 0 Å². The van der Waals surface area contributed by atoms with Crippen molar-refractivity contribution in [2.45, 2.75) is 37.7 Å². The molecule has 4 rings (SSSR count). The van der Waals surface area contributed by atoms with Crippen LogP contribution in [0, 0.1) is 10.1 Å². The normalized spacial score (nSPS) is 18.7. The highest BCUT2D eigenvalue weighted by atomic mass is 16.7. The van der Waals surface area contributed by atoms with Gasteiger partial charge in [0.05, 0.1) is 11.0 Å². The molecule has 1 unspecified atom stereocenters. The Morgan fingerprint density at radius 1 is 1.17 bits per heavy atom. The summed E-state index contributed by atoms with van der Waals surface area (Å²) in [4.78, 5) is 51.3. The number of aliphatic hydroxyl groups excluding tert-OH is 1. The number of hydrogen-bond acceptors (Lipinski definition) is 11. The Kier molecular flexibility index (Phi) is 9.60. The van der Waals surface area contributed by atoms with E-state index < -0.39 is 47.0 Å². The molecule has 0 aliphatic carbocycles. The zero-order valence-corrected chi connectivity index (χ0v) is 22.0. The molecule has 14 nitrogen and oxygen atoms in total. The van der Waals surface area contributed by atoms with Crippen LogP contribution in [0.4, 0.5) is 16.3 Å². The second-order valence-corrected chi connectivity index (χ2v) is 9.17. The molecule has 41 heavy (non-hydrogen) atoms. The van der Waals surface area contributed by atoms with Crippen LogP contribution in [0.3, 0.4) is 0 Å². The molecule has 1 amide bonds. The molecule has 1 aromatic heterocycles. The standard InChI is InChI=1S/C27H28N4O10/c1-17(19-9-5-6-10-20(19)31(36)37)14-39-27(35)40-15-22-21(32)13-25(41-22)30-12-11-23(29-26(30)34)28-24(33)16-38-18-7-3-2-4-8-18/h2-12,17,21-22,25,32H,13-16H2,1H3,(H,28,29,33,34)/t17?,21-,22+,25+/m0/s1. The lowest BCUT2D eigenvalue weighted by atomic mass is 10.0. The number of ether oxygens (including phenoxy) is 4. The van der Waals surface area contributed by atoms with Crippen LogP contribution in [-0.4, -0.2) is 63.7 Å². The number of carbonyl (C=O) groups is 2. The van der Waals surface area contributed by atoms with Gasteiger partial charge < -0.3 is 29.4 Å². The first-order valence-electron chi connectivity index (χ1n) is 12.6. The molecular weight excluding hydrogens is 540 g/mol. The maximum absolute atomic E-state index is 12.6. The van der Waals surface area contributed by atoms with Gasteiger partial charge in [0.1, 0.15) is 37.1 Å². The minimum atomic E-state index is -1.06. The van der Waals surface area contributed by atoms with Crippen LogP contribution in [-0.2, 0) is 19.0 Å². The van der Waals surface area contributed by atoms with E-state index in [1.54, 1.807) is 49.4 Å². The summed E-state index contributed by atoms with van der Waals surface area (Å²) >= 11 is 0. The van der Waals surface area contributed by atoms with Crippen molar-refractivity contribution in [3.05, 3.63) is 93.0 Å². The van der Waals surface area contributed by atoms with Crippen molar-refractivity contribution in [3.63, 3.8) is 0 Å². The van der Waals surface area contributed by atoms with Crippen LogP contribution >= 0.6 is 0 Å². The molecule has 1 saturated heterocycles. The van der Waals surface area contributed by atoms with E-state index in [0.29, 0.717) is 11.3 Å². The van der Waals surface area contributed by atoms with Crippen LogP contribution in [0.2, 0.25) is 0 Å². The maximum atomic E-state index is 12.6. The van der Waals surface area contributed by atoms with Crippen molar-refractivity contribution >= 4 is 23.6 Å². The van der Waals surface area contributed by atoms with Crippen molar-refractivity contribution < 1.29 is 38.6 Å². The third-order valence-electron chi connectivity index (χ3n) is 6.21. The number of anilines is 1. The van der Waals surface area contributed by atoms with Gasteiger partial charge >= 0.3 is 11.8 Å². The lowest BCUT2D eigenvalue weighted by molar-refractivity contribution is -0.385. The van der Waals surface area contributed by atoms with Crippen molar-refractivity contribution in [3.8, 4) is 5.75 Å². The Morgan fingerprint density at radius 3 is 2.63 bits per heavy atom. The molecule has 2 heterocycles. The summed E-state index contributed by atoms with van der Waals surface area (Å²) in [6.45, 7) is 0.879. The summed E-state index contributed by atoms with van der Waals surface area (Å²) in [6, 6.07) is 16.3. The number of nitrogens with zero attached hydrogens (tertiary/aromatic N) is 3. The molecule has 2 N–H and O–H groups in total. The third-order valence-corrected chi connectivity index (χ3v) is 6.21. The minimum absolute atomic E-state index is 0.0177. The number of nitro benzene ring substituents is 1. The maximum Gasteiger partial charge on any atom is 0.508 e. The van der Waals surface area contributed by atoms with Crippen LogP contribution in [0.15, 0.2) is 71.7 Å². The first-order valence-corrected chi connectivity index (χ1v) is 12.6. The number of para-hydroxylation sites is 2. The van der Waals surface area contributed by atoms with Crippen molar-refractivity contribution in [1.29, 1.82) is 0 Å². The fourth-order valence-electron chi connectivity index (χ4n) is 4.13. The molecule has 1 fully saturated rings. The third kappa shape index (κ3) is 7.86. The summed E-state index contributed by atoms with van der Waals surface area (Å²) in [7, 11) is 0. The van der Waals surface area contributed by atoms with Gasteiger partial charge in [0.15, 0.2) is 6.61 Å². The van der Waals surface area contributed by atoms with E-state index >= 15 is 0 Å². The minimum Gasteiger partial charge on any atom is -0.484 e. The second kappa shape index (κ2) is 13.5. The Balaban J connectivity index is 1.24. The number of aromatic nitrogens is 2. The SMILES string of the molecule is CC(COC(=O)OC[C@H]1O[C@@H](n2ccc(NC(=O)COc3ccccc3)nc2=O)C[C@@H]1O)c1ccccc1[N+](=O)[O-]. The van der Waals surface area contributed by atoms with E-state index in [9.17, 15) is 29.6 Å². The molecular formula is C27H28N4O10. The summed E-state index contributed by atoms with van der Waals surface area (Å²) < 4.78 is 22.3. The van der Waals surface area contributed by atoms with E-state index in [-0.39, 0.29) is 37.7 Å². The number of amides is 1. The molecule has 2 aromatic carbocycles. The lowest BCUT2D eigenvalue weighted by Crippen LogP contribution is -2.30. The first kappa shape index (κ1) is 29.2. The van der Waals surface area contributed by atoms with E-state index in [1.165, 1.54) is 18.3 Å². The van der Waals surface area contributed by atoms with Gasteiger partial charge in [-0.3, -0.25) is 19.5 Å². The predicted molar refractivity (Wildman–Crippen MR) is 142 cm³/mol. The molecule has 0 saturated carbocycles. The Hall–Kier alpha value is -4.82. The van der Waals surface area contributed by atoms with Gasteiger partial charge in [0.25, 0.3) is 11.6 Å². The van der Waals surface area contributed by atoms with Gasteiger partial charge in [0, 0.05) is 30.2 Å². The van der Waals surface area contributed by atoms with Crippen LogP contribution in [0.5, 0.6) is 5.75 Å². The number of benzene rings is 2. The van der Waals surface area contributed by atoms with E-state index in [4.69, 9.17) is 18.9 Å². The average molecular weight is 569 g/mol. The average Bonchev–Trinajstić information content (AvgIpc) is 3.34. The van der Waals surface area contributed by atoms with Gasteiger partial charge in [-0.15, -0.1) is 0 Å². The van der Waals surface area contributed by atoms with Gasteiger partial charge in [-0.05, 0) is 18.2 Å². The van der Waals surface area contributed by atoms with E-state index in [0.717, 1.165) is 4.57 Å². The smallest absolute Gasteiger partial charge is 0.484 e. The molecule has 1 aliphatic rings. The molecule has 14 heteroatoms. The molecule has 1 aliphatic heterocycles. The molecule has 216 valence electrons. The lowest BCUT2D eigenvalue weighted by Gasteiger charge is -2.17. The van der Waals surface area contributed by atoms with E-state index in [2.05, 4.69) is 10.3 Å². The van der Waals surface area contributed by atoms with Crippen molar-refractivity contribution in [1.82, 2.24) is 9.55 Å². The summed E-state index contributed by atoms with van der Waals surface area (Å²) in [5.74, 6) is -0.441. The zero-order valence-electron chi connectivity index (χ0n) is 22.0. The molecule has 0 spiro atoms. The van der Waals surface area contributed by atoms with Gasteiger partial charge in [0.2, 0.25) is 0 Å². The fourth-order valence-corrected chi connectivity index (χ4v) is 4.13.